The molecule has 0 aliphatic carbocycles. The zero-order valence-electron chi connectivity index (χ0n) is 12.3. The van der Waals surface area contributed by atoms with E-state index in [1.54, 1.807) is 6.92 Å². The highest BCUT2D eigenvalue weighted by Crippen LogP contribution is 2.25. The Bertz CT molecular complexity index is 518. The first-order chi connectivity index (χ1) is 9.88. The average molecular weight is 296 g/mol. The van der Waals surface area contributed by atoms with Crippen molar-refractivity contribution < 1.29 is 19.6 Å². The summed E-state index contributed by atoms with van der Waals surface area (Å²) in [7, 11) is 0. The van der Waals surface area contributed by atoms with E-state index in [9.17, 15) is 20.0 Å². The summed E-state index contributed by atoms with van der Waals surface area (Å²) in [6.07, 6.45) is 0.0449. The number of benzene rings is 1. The normalized spacial score (nSPS) is 13.3. The maximum absolute atomic E-state index is 11.9. The lowest BCUT2D eigenvalue weighted by Gasteiger charge is -2.19. The van der Waals surface area contributed by atoms with Gasteiger partial charge in [0.2, 0.25) is 0 Å². The Labute approximate surface area is 123 Å². The third-order valence-corrected chi connectivity index (χ3v) is 3.10. The SMILES string of the molecule is CCC(C)NC(=O)C(C)Oc1ccc([N+](=O)[O-])cc1CO. The van der Waals surface area contributed by atoms with Crippen molar-refractivity contribution in [2.45, 2.75) is 45.9 Å². The lowest BCUT2D eigenvalue weighted by Crippen LogP contribution is -2.41. The number of aliphatic hydroxyl groups excluding tert-OH is 1. The number of rotatable bonds is 7. The number of aliphatic hydroxyl groups is 1. The monoisotopic (exact) mass is 296 g/mol. The van der Waals surface area contributed by atoms with Crippen molar-refractivity contribution >= 4 is 11.6 Å². The summed E-state index contributed by atoms with van der Waals surface area (Å²) in [6, 6.07) is 3.93. The number of hydrogen-bond acceptors (Lipinski definition) is 5. The predicted molar refractivity (Wildman–Crippen MR) is 77.0 cm³/mol. The second-order valence-electron chi connectivity index (χ2n) is 4.79. The molecule has 1 aromatic rings. The molecule has 0 saturated carbocycles. The van der Waals surface area contributed by atoms with Gasteiger partial charge in [0.15, 0.2) is 6.10 Å². The van der Waals surface area contributed by atoms with Crippen LogP contribution in [0, 0.1) is 10.1 Å². The molecule has 21 heavy (non-hydrogen) atoms. The largest absolute Gasteiger partial charge is 0.481 e. The fourth-order valence-electron chi connectivity index (χ4n) is 1.62. The molecule has 7 nitrogen and oxygen atoms in total. The second-order valence-corrected chi connectivity index (χ2v) is 4.79. The number of nitro benzene ring substituents is 1. The molecule has 2 N–H and O–H groups in total. The van der Waals surface area contributed by atoms with Gasteiger partial charge in [0.25, 0.3) is 11.6 Å². The van der Waals surface area contributed by atoms with Crippen molar-refractivity contribution in [3.63, 3.8) is 0 Å². The Hall–Kier alpha value is -2.15. The zero-order valence-corrected chi connectivity index (χ0v) is 12.3. The van der Waals surface area contributed by atoms with Crippen LogP contribution < -0.4 is 10.1 Å². The lowest BCUT2D eigenvalue weighted by atomic mass is 10.2. The number of ether oxygens (including phenoxy) is 1. The lowest BCUT2D eigenvalue weighted by molar-refractivity contribution is -0.385. The Balaban J connectivity index is 2.82. The van der Waals surface area contributed by atoms with Gasteiger partial charge in [-0.3, -0.25) is 14.9 Å². The van der Waals surface area contributed by atoms with Gasteiger partial charge < -0.3 is 15.2 Å². The van der Waals surface area contributed by atoms with Gasteiger partial charge in [0.1, 0.15) is 5.75 Å². The molecule has 1 rings (SSSR count). The van der Waals surface area contributed by atoms with Crippen LogP contribution in [0.4, 0.5) is 5.69 Å². The van der Waals surface area contributed by atoms with Crippen LogP contribution in [0.1, 0.15) is 32.8 Å². The highest BCUT2D eigenvalue weighted by atomic mass is 16.6. The van der Waals surface area contributed by atoms with Crippen LogP contribution >= 0.6 is 0 Å². The van der Waals surface area contributed by atoms with Crippen LogP contribution in [0.15, 0.2) is 18.2 Å². The third kappa shape index (κ3) is 4.71. The first kappa shape index (κ1) is 16.9. The molecule has 2 atom stereocenters. The van der Waals surface area contributed by atoms with Gasteiger partial charge in [0, 0.05) is 23.7 Å². The van der Waals surface area contributed by atoms with E-state index in [-0.39, 0.29) is 28.9 Å². The summed E-state index contributed by atoms with van der Waals surface area (Å²) < 4.78 is 5.48. The van der Waals surface area contributed by atoms with E-state index in [2.05, 4.69) is 5.32 Å². The van der Waals surface area contributed by atoms with Gasteiger partial charge in [-0.2, -0.15) is 0 Å². The second kappa shape index (κ2) is 7.58. The van der Waals surface area contributed by atoms with Crippen molar-refractivity contribution in [2.24, 2.45) is 0 Å². The molecular weight excluding hydrogens is 276 g/mol. The van der Waals surface area contributed by atoms with Gasteiger partial charge >= 0.3 is 0 Å². The number of nitro groups is 1. The summed E-state index contributed by atoms with van der Waals surface area (Å²) in [5.41, 5.74) is 0.135. The molecule has 0 fully saturated rings. The molecule has 0 aromatic heterocycles. The van der Waals surface area contributed by atoms with E-state index >= 15 is 0 Å². The highest BCUT2D eigenvalue weighted by Gasteiger charge is 2.19. The van der Waals surface area contributed by atoms with Gasteiger partial charge in [-0.05, 0) is 26.3 Å². The van der Waals surface area contributed by atoms with E-state index in [0.717, 1.165) is 6.42 Å². The molecule has 0 bridgehead atoms. The van der Waals surface area contributed by atoms with Crippen molar-refractivity contribution in [1.29, 1.82) is 0 Å². The van der Waals surface area contributed by atoms with Crippen molar-refractivity contribution in [3.05, 3.63) is 33.9 Å². The van der Waals surface area contributed by atoms with Gasteiger partial charge in [-0.25, -0.2) is 0 Å². The van der Waals surface area contributed by atoms with Crippen LogP contribution in [0.25, 0.3) is 0 Å². The molecule has 7 heteroatoms. The molecule has 0 aliphatic heterocycles. The van der Waals surface area contributed by atoms with E-state index < -0.39 is 17.6 Å². The first-order valence-electron chi connectivity index (χ1n) is 6.74. The maximum Gasteiger partial charge on any atom is 0.270 e. The summed E-state index contributed by atoms with van der Waals surface area (Å²) in [5.74, 6) is -0.0125. The summed E-state index contributed by atoms with van der Waals surface area (Å²) in [4.78, 5) is 22.0. The number of nitrogens with zero attached hydrogens (tertiary/aromatic N) is 1. The minimum Gasteiger partial charge on any atom is -0.481 e. The average Bonchev–Trinajstić information content (AvgIpc) is 2.46. The van der Waals surface area contributed by atoms with Gasteiger partial charge in [0.05, 0.1) is 11.5 Å². The quantitative estimate of drug-likeness (QED) is 0.589. The number of nitrogens with one attached hydrogen (secondary N) is 1. The van der Waals surface area contributed by atoms with E-state index in [0.29, 0.717) is 0 Å². The first-order valence-corrected chi connectivity index (χ1v) is 6.74. The summed E-state index contributed by atoms with van der Waals surface area (Å²) >= 11 is 0. The number of hydrogen-bond donors (Lipinski definition) is 2. The zero-order chi connectivity index (χ0) is 16.0. The molecule has 0 aliphatic rings. The minimum atomic E-state index is -0.759. The topological polar surface area (TPSA) is 102 Å². The van der Waals surface area contributed by atoms with Crippen molar-refractivity contribution in [2.75, 3.05) is 0 Å². The Morgan fingerprint density at radius 3 is 2.67 bits per heavy atom. The Morgan fingerprint density at radius 1 is 1.48 bits per heavy atom. The highest BCUT2D eigenvalue weighted by molar-refractivity contribution is 5.81. The van der Waals surface area contributed by atoms with Crippen molar-refractivity contribution in [1.82, 2.24) is 5.32 Å². The maximum atomic E-state index is 11.9. The molecule has 0 radical (unpaired) electrons. The van der Waals surface area contributed by atoms with E-state index in [4.69, 9.17) is 4.74 Å². The van der Waals surface area contributed by atoms with Gasteiger partial charge in [-0.15, -0.1) is 0 Å². The number of non-ortho nitro benzene ring substituents is 1. The van der Waals surface area contributed by atoms with Crippen LogP contribution in [-0.2, 0) is 11.4 Å². The molecule has 1 aromatic carbocycles. The molecule has 0 saturated heterocycles. The van der Waals surface area contributed by atoms with E-state index in [1.807, 2.05) is 13.8 Å². The molecule has 2 unspecified atom stereocenters. The Morgan fingerprint density at radius 2 is 2.14 bits per heavy atom. The van der Waals surface area contributed by atoms with Crippen LogP contribution in [0.2, 0.25) is 0 Å². The van der Waals surface area contributed by atoms with E-state index in [1.165, 1.54) is 18.2 Å². The molecule has 116 valence electrons. The molecular formula is C14H20N2O5. The third-order valence-electron chi connectivity index (χ3n) is 3.10. The number of carbonyl (C=O) groups is 1. The van der Waals surface area contributed by atoms with Crippen LogP contribution in [0.5, 0.6) is 5.75 Å². The van der Waals surface area contributed by atoms with Crippen LogP contribution in [-0.4, -0.2) is 28.1 Å². The van der Waals surface area contributed by atoms with Crippen LogP contribution in [0.3, 0.4) is 0 Å². The Kier molecular flexibility index (Phi) is 6.10. The minimum absolute atomic E-state index is 0.0396. The summed E-state index contributed by atoms with van der Waals surface area (Å²) in [5, 5.41) is 22.7. The smallest absolute Gasteiger partial charge is 0.270 e. The molecule has 0 spiro atoms. The fourth-order valence-corrected chi connectivity index (χ4v) is 1.62. The molecule has 1 amide bonds. The number of amides is 1. The summed E-state index contributed by atoms with van der Waals surface area (Å²) in [6.45, 7) is 5.02. The standard InChI is InChI=1S/C14H20N2O5/c1-4-9(2)15-14(18)10(3)21-13-6-5-12(16(19)20)7-11(13)8-17/h5-7,9-10,17H,4,8H2,1-3H3,(H,15,18). The predicted octanol–water partition coefficient (Wildman–Crippen LogP) is 1.77. The molecule has 0 heterocycles. The van der Waals surface area contributed by atoms with Gasteiger partial charge in [-0.1, -0.05) is 6.92 Å². The fraction of sp³-hybridized carbons (Fsp3) is 0.500. The number of carbonyl (C=O) groups excluding carboxylic acids is 1. The van der Waals surface area contributed by atoms with Crippen molar-refractivity contribution in [3.8, 4) is 5.75 Å².